The first-order valence-corrected chi connectivity index (χ1v) is 13.6. The van der Waals surface area contributed by atoms with Crippen LogP contribution >= 0.6 is 0 Å². The van der Waals surface area contributed by atoms with Gasteiger partial charge in [-0.2, -0.15) is 0 Å². The molecule has 1 N–H and O–H groups in total. The van der Waals surface area contributed by atoms with E-state index in [9.17, 15) is 0 Å². The molecule has 0 aliphatic heterocycles. The Hall–Kier alpha value is -0.609. The van der Waals surface area contributed by atoms with Gasteiger partial charge in [-0.1, -0.05) is 0 Å². The maximum absolute atomic E-state index is 3.93. The van der Waals surface area contributed by atoms with E-state index in [-0.39, 0.29) is 35.8 Å². The average Bonchev–Trinajstić information content (AvgIpc) is 3.03. The molecule has 0 amide bonds. The summed E-state index contributed by atoms with van der Waals surface area (Å²) < 4.78 is 5.52. The van der Waals surface area contributed by atoms with E-state index in [4.69, 9.17) is 0 Å². The number of hydrogen-bond acceptors (Lipinski definition) is 1. The van der Waals surface area contributed by atoms with E-state index in [2.05, 4.69) is 82.7 Å². The SMILES string of the molecule is CC(C)[NH][Ti+2]([CH3])([CH3])[c]1cccc2c1c1c(c3ccccc32)C=CC1.[Cl-].[Cl-].[SiH4]. The Morgan fingerprint density at radius 2 is 1.52 bits per heavy atom. The van der Waals surface area contributed by atoms with Gasteiger partial charge < -0.3 is 24.8 Å². The zero-order valence-electron chi connectivity index (χ0n) is 15.7. The van der Waals surface area contributed by atoms with Gasteiger partial charge in [-0.15, -0.1) is 0 Å². The molecule has 3 aromatic rings. The Balaban J connectivity index is 0.00000121. The summed E-state index contributed by atoms with van der Waals surface area (Å²) >= 11 is -2.29. The molecule has 0 atom stereocenters. The van der Waals surface area contributed by atoms with Crippen molar-refractivity contribution >= 4 is 42.5 Å². The van der Waals surface area contributed by atoms with Crippen LogP contribution < -0.4 is 32.5 Å². The van der Waals surface area contributed by atoms with Crippen molar-refractivity contribution in [3.63, 3.8) is 0 Å². The van der Waals surface area contributed by atoms with Gasteiger partial charge in [-0.05, 0) is 11.0 Å². The molecule has 1 aliphatic carbocycles. The number of benzene rings is 3. The van der Waals surface area contributed by atoms with E-state index in [1.54, 1.807) is 3.87 Å². The van der Waals surface area contributed by atoms with E-state index < -0.39 is 16.8 Å². The molecule has 27 heavy (non-hydrogen) atoms. The fraction of sp³-hybridized carbons (Fsp3) is 0.273. The van der Waals surface area contributed by atoms with Crippen LogP contribution in [0.3, 0.4) is 0 Å². The molecule has 1 aliphatic rings. The van der Waals surface area contributed by atoms with Crippen LogP contribution in [0.5, 0.6) is 0 Å². The van der Waals surface area contributed by atoms with Crippen LogP contribution in [-0.4, -0.2) is 17.0 Å². The molecule has 3 aromatic carbocycles. The molecule has 5 heteroatoms. The molecule has 0 saturated carbocycles. The molecule has 1 nitrogen and oxygen atoms in total. The predicted octanol–water partition coefficient (Wildman–Crippen LogP) is -2.09. The van der Waals surface area contributed by atoms with Crippen molar-refractivity contribution in [3.8, 4) is 0 Å². The van der Waals surface area contributed by atoms with Crippen molar-refractivity contribution in [2.45, 2.75) is 36.8 Å². The minimum Gasteiger partial charge on any atom is -1.00 e. The van der Waals surface area contributed by atoms with Crippen LogP contribution in [0, 0.1) is 0 Å². The Labute approximate surface area is 183 Å². The summed E-state index contributed by atoms with van der Waals surface area (Å²) in [5.74, 6) is 0. The van der Waals surface area contributed by atoms with Gasteiger partial charge >= 0.3 is 149 Å². The Bertz CT molecular complexity index is 983. The molecule has 0 unspecified atom stereocenters. The van der Waals surface area contributed by atoms with Crippen LogP contribution in [0.4, 0.5) is 0 Å². The number of nitrogens with one attached hydrogen (secondary N) is 1. The number of rotatable bonds is 3. The number of hydrogen-bond donors (Lipinski definition) is 1. The maximum Gasteiger partial charge on any atom is -0.0149 e. The maximum atomic E-state index is 3.93. The Kier molecular flexibility index (Phi) is 8.38. The monoisotopic (exact) mass is 453 g/mol. The number of fused-ring (bicyclic) bond motifs is 6. The van der Waals surface area contributed by atoms with Crippen molar-refractivity contribution in [2.75, 3.05) is 0 Å². The second-order valence-corrected chi connectivity index (χ2v) is 14.1. The summed E-state index contributed by atoms with van der Waals surface area (Å²) in [6.07, 6.45) is 5.71. The third kappa shape index (κ3) is 4.22. The molecule has 0 radical (unpaired) electrons. The van der Waals surface area contributed by atoms with Crippen molar-refractivity contribution in [1.82, 2.24) is 3.80 Å². The average molecular weight is 454 g/mol. The molecular formula is C22H29Cl2NSiTi. The second kappa shape index (κ2) is 9.26. The summed E-state index contributed by atoms with van der Waals surface area (Å²) in [7, 11) is 0. The predicted molar refractivity (Wildman–Crippen MR) is 115 cm³/mol. The number of halogens is 2. The number of allylic oxidation sites excluding steroid dienone is 1. The normalized spacial score (nSPS) is 11.9. The van der Waals surface area contributed by atoms with Gasteiger partial charge in [0.25, 0.3) is 0 Å². The van der Waals surface area contributed by atoms with Crippen molar-refractivity contribution in [1.29, 1.82) is 0 Å². The third-order valence-corrected chi connectivity index (χ3v) is 9.91. The van der Waals surface area contributed by atoms with Crippen molar-refractivity contribution in [2.24, 2.45) is 0 Å². The van der Waals surface area contributed by atoms with Crippen LogP contribution in [0.1, 0.15) is 25.0 Å². The van der Waals surface area contributed by atoms with Gasteiger partial charge in [-0.25, -0.2) is 0 Å². The van der Waals surface area contributed by atoms with Crippen LogP contribution in [0.25, 0.3) is 27.6 Å². The quantitative estimate of drug-likeness (QED) is 0.354. The second-order valence-electron chi connectivity index (χ2n) is 7.70. The topological polar surface area (TPSA) is 12.0 Å². The molecule has 0 aromatic heterocycles. The van der Waals surface area contributed by atoms with E-state index in [0.29, 0.717) is 6.04 Å². The molecule has 0 fully saturated rings. The molecule has 0 saturated heterocycles. The minimum atomic E-state index is -2.29. The van der Waals surface area contributed by atoms with Crippen molar-refractivity contribution < 1.29 is 41.7 Å². The largest absolute Gasteiger partial charge is 1.00 e. The van der Waals surface area contributed by atoms with Gasteiger partial charge in [0, 0.05) is 0 Å². The molecule has 4 rings (SSSR count). The summed E-state index contributed by atoms with van der Waals surface area (Å²) in [5.41, 5.74) is 2.97. The minimum absolute atomic E-state index is 0. The van der Waals surface area contributed by atoms with Crippen LogP contribution in [0.2, 0.25) is 10.5 Å². The van der Waals surface area contributed by atoms with Gasteiger partial charge in [0.2, 0.25) is 0 Å². The fourth-order valence-electron chi connectivity index (χ4n) is 4.37. The molecular weight excluding hydrogens is 425 g/mol. The summed E-state index contributed by atoms with van der Waals surface area (Å²) in [6.45, 7) is 4.53. The summed E-state index contributed by atoms with van der Waals surface area (Å²) in [4.78, 5) is 0. The smallest absolute Gasteiger partial charge is 0.0149 e. The van der Waals surface area contributed by atoms with E-state index in [0.717, 1.165) is 6.42 Å². The summed E-state index contributed by atoms with van der Waals surface area (Å²) in [5, 5.41) is 10.7. The zero-order chi connectivity index (χ0) is 16.9. The standard InChI is InChI=1S/C17H11.C3H8N.2CH3.2ClH.H4Si.Ti/c1-3-8-14-12(6-1)13-7-2-4-9-15(13)17-11-5-10-16(14)17;1-3(2)4;;;;;;/h1-8,10H,11H2;3-4H,1-2H3;2*1H3;2*1H;1H4;/q;-1;;;;;;+3/p-2. The van der Waals surface area contributed by atoms with Crippen molar-refractivity contribution in [3.05, 3.63) is 59.7 Å². The van der Waals surface area contributed by atoms with E-state index in [1.165, 1.54) is 32.7 Å². The molecule has 0 spiro atoms. The van der Waals surface area contributed by atoms with Gasteiger partial charge in [0.1, 0.15) is 0 Å². The van der Waals surface area contributed by atoms with Crippen LogP contribution in [0.15, 0.2) is 48.5 Å². The van der Waals surface area contributed by atoms with Gasteiger partial charge in [0.05, 0.1) is 0 Å². The van der Waals surface area contributed by atoms with Crippen LogP contribution in [-0.2, 0) is 23.3 Å². The molecule has 0 bridgehead atoms. The third-order valence-electron chi connectivity index (χ3n) is 5.13. The first-order valence-electron chi connectivity index (χ1n) is 8.90. The molecule has 0 heterocycles. The Morgan fingerprint density at radius 1 is 0.889 bits per heavy atom. The van der Waals surface area contributed by atoms with Gasteiger partial charge in [0.15, 0.2) is 0 Å². The zero-order valence-corrected chi connectivity index (χ0v) is 18.8. The molecule has 144 valence electrons. The summed E-state index contributed by atoms with van der Waals surface area (Å²) in [6, 6.07) is 16.4. The Morgan fingerprint density at radius 3 is 2.19 bits per heavy atom. The first kappa shape index (κ1) is 24.4. The fourth-order valence-corrected chi connectivity index (χ4v) is 9.09. The van der Waals surface area contributed by atoms with Gasteiger partial charge in [-0.3, -0.25) is 0 Å². The van der Waals surface area contributed by atoms with E-state index in [1.807, 2.05) is 0 Å². The van der Waals surface area contributed by atoms with E-state index >= 15 is 0 Å². The first-order chi connectivity index (χ1) is 11.5.